The molecule has 0 aliphatic heterocycles. The monoisotopic (exact) mass is 314 g/mol. The normalized spacial score (nSPS) is 10.6. The van der Waals surface area contributed by atoms with E-state index >= 15 is 0 Å². The predicted octanol–water partition coefficient (Wildman–Crippen LogP) is 1.72. The number of hydrogen-bond donors (Lipinski definition) is 1. The van der Waals surface area contributed by atoms with Crippen molar-refractivity contribution < 1.29 is 14.3 Å². The first-order valence-corrected chi connectivity index (χ1v) is 5.80. The SMILES string of the molecule is O=C(O)CCn1nnnc1-c1ccc(F)c(Br)c1. The number of tetrazole rings is 1. The maximum atomic E-state index is 13.1. The average molecular weight is 315 g/mol. The van der Waals surface area contributed by atoms with Crippen LogP contribution in [0.4, 0.5) is 4.39 Å². The van der Waals surface area contributed by atoms with E-state index in [2.05, 4.69) is 31.5 Å². The second-order valence-corrected chi connectivity index (χ2v) is 4.35. The second-order valence-electron chi connectivity index (χ2n) is 3.50. The maximum Gasteiger partial charge on any atom is 0.305 e. The summed E-state index contributed by atoms with van der Waals surface area (Å²) < 4.78 is 14.8. The van der Waals surface area contributed by atoms with Gasteiger partial charge in [-0.3, -0.25) is 4.79 Å². The minimum atomic E-state index is -0.934. The number of hydrogen-bond acceptors (Lipinski definition) is 4. The van der Waals surface area contributed by atoms with Crippen molar-refractivity contribution in [3.05, 3.63) is 28.5 Å². The molecule has 6 nitrogen and oxygen atoms in total. The second kappa shape index (κ2) is 5.21. The fourth-order valence-corrected chi connectivity index (χ4v) is 1.78. The van der Waals surface area contributed by atoms with E-state index in [9.17, 15) is 9.18 Å². The highest BCUT2D eigenvalue weighted by atomic mass is 79.9. The largest absolute Gasteiger partial charge is 0.481 e. The summed E-state index contributed by atoms with van der Waals surface area (Å²) in [4.78, 5) is 10.5. The van der Waals surface area contributed by atoms with Gasteiger partial charge in [0.25, 0.3) is 0 Å². The Morgan fingerprint density at radius 2 is 2.28 bits per heavy atom. The van der Waals surface area contributed by atoms with E-state index in [-0.39, 0.29) is 18.8 Å². The van der Waals surface area contributed by atoms with Gasteiger partial charge in [0, 0.05) is 5.56 Å². The Morgan fingerprint density at radius 3 is 2.94 bits per heavy atom. The summed E-state index contributed by atoms with van der Waals surface area (Å²) in [5.74, 6) is -0.919. The van der Waals surface area contributed by atoms with Crippen LogP contribution in [0.3, 0.4) is 0 Å². The van der Waals surface area contributed by atoms with Crippen LogP contribution < -0.4 is 0 Å². The van der Waals surface area contributed by atoms with Gasteiger partial charge in [0.05, 0.1) is 17.4 Å². The summed E-state index contributed by atoms with van der Waals surface area (Å²) in [6.07, 6.45) is -0.0829. The van der Waals surface area contributed by atoms with Crippen LogP contribution in [0.1, 0.15) is 6.42 Å². The third kappa shape index (κ3) is 2.70. The number of halogens is 2. The number of aromatic nitrogens is 4. The number of aryl methyl sites for hydroxylation is 1. The zero-order valence-electron chi connectivity index (χ0n) is 9.05. The van der Waals surface area contributed by atoms with Gasteiger partial charge in [-0.25, -0.2) is 9.07 Å². The highest BCUT2D eigenvalue weighted by Crippen LogP contribution is 2.23. The van der Waals surface area contributed by atoms with Gasteiger partial charge in [-0.1, -0.05) is 0 Å². The Balaban J connectivity index is 2.30. The Labute approximate surface area is 110 Å². The third-order valence-corrected chi connectivity index (χ3v) is 2.85. The van der Waals surface area contributed by atoms with Gasteiger partial charge in [-0.15, -0.1) is 5.10 Å². The number of carbonyl (C=O) groups is 1. The zero-order chi connectivity index (χ0) is 13.1. The summed E-state index contributed by atoms with van der Waals surface area (Å²) >= 11 is 3.07. The van der Waals surface area contributed by atoms with Crippen LogP contribution in [0.25, 0.3) is 11.4 Å². The summed E-state index contributed by atoms with van der Waals surface area (Å²) in [7, 11) is 0. The minimum Gasteiger partial charge on any atom is -0.481 e. The van der Waals surface area contributed by atoms with E-state index in [0.29, 0.717) is 15.9 Å². The Morgan fingerprint density at radius 1 is 1.50 bits per heavy atom. The Bertz CT molecular complexity index is 587. The lowest BCUT2D eigenvalue weighted by atomic mass is 10.2. The molecule has 0 saturated carbocycles. The molecule has 94 valence electrons. The van der Waals surface area contributed by atoms with Crippen LogP contribution >= 0.6 is 15.9 Å². The number of nitrogens with zero attached hydrogens (tertiary/aromatic N) is 4. The van der Waals surface area contributed by atoms with Crippen molar-refractivity contribution in [2.45, 2.75) is 13.0 Å². The molecule has 2 aromatic rings. The number of benzene rings is 1. The Hall–Kier alpha value is -1.83. The van der Waals surface area contributed by atoms with Crippen molar-refractivity contribution in [1.82, 2.24) is 20.2 Å². The molecule has 0 bridgehead atoms. The summed E-state index contributed by atoms with van der Waals surface area (Å²) in [5.41, 5.74) is 0.610. The van der Waals surface area contributed by atoms with Gasteiger partial charge in [-0.05, 0) is 44.6 Å². The molecule has 0 amide bonds. The molecule has 0 fully saturated rings. The van der Waals surface area contributed by atoms with Crippen molar-refractivity contribution in [3.63, 3.8) is 0 Å². The van der Waals surface area contributed by atoms with Crippen LogP contribution in [0.2, 0.25) is 0 Å². The molecule has 1 aromatic carbocycles. The fraction of sp³-hybridized carbons (Fsp3) is 0.200. The topological polar surface area (TPSA) is 80.9 Å². The molecule has 0 aliphatic carbocycles. The van der Waals surface area contributed by atoms with Crippen molar-refractivity contribution in [2.24, 2.45) is 0 Å². The molecule has 0 unspecified atom stereocenters. The highest BCUT2D eigenvalue weighted by molar-refractivity contribution is 9.10. The number of aliphatic carboxylic acids is 1. The van der Waals surface area contributed by atoms with Crippen LogP contribution in [-0.4, -0.2) is 31.3 Å². The smallest absolute Gasteiger partial charge is 0.305 e. The van der Waals surface area contributed by atoms with Crippen LogP contribution in [0.5, 0.6) is 0 Å². The van der Waals surface area contributed by atoms with E-state index in [0.717, 1.165) is 0 Å². The molecule has 0 aliphatic rings. The van der Waals surface area contributed by atoms with Crippen molar-refractivity contribution >= 4 is 21.9 Å². The minimum absolute atomic E-state index is 0.0829. The molecule has 18 heavy (non-hydrogen) atoms. The lowest BCUT2D eigenvalue weighted by molar-refractivity contribution is -0.137. The highest BCUT2D eigenvalue weighted by Gasteiger charge is 2.11. The van der Waals surface area contributed by atoms with Crippen molar-refractivity contribution in [3.8, 4) is 11.4 Å². The summed E-state index contributed by atoms with van der Waals surface area (Å²) in [6.45, 7) is 0.159. The molecular weight excluding hydrogens is 307 g/mol. The molecule has 2 rings (SSSR count). The van der Waals surface area contributed by atoms with Crippen LogP contribution in [-0.2, 0) is 11.3 Å². The molecule has 1 aromatic heterocycles. The first kappa shape index (κ1) is 12.6. The van der Waals surface area contributed by atoms with Crippen molar-refractivity contribution in [2.75, 3.05) is 0 Å². The Kier molecular flexibility index (Phi) is 3.66. The summed E-state index contributed by atoms with van der Waals surface area (Å²) in [6, 6.07) is 4.36. The van der Waals surface area contributed by atoms with E-state index in [1.54, 1.807) is 0 Å². The first-order chi connectivity index (χ1) is 8.58. The van der Waals surface area contributed by atoms with Crippen molar-refractivity contribution in [1.29, 1.82) is 0 Å². The molecule has 0 radical (unpaired) electrons. The molecule has 8 heteroatoms. The van der Waals surface area contributed by atoms with Crippen LogP contribution in [0, 0.1) is 5.82 Å². The van der Waals surface area contributed by atoms with Gasteiger partial charge in [0.2, 0.25) is 0 Å². The molecular formula is C10H8BrFN4O2. The lowest BCUT2D eigenvalue weighted by Crippen LogP contribution is -2.07. The number of carboxylic acids is 1. The average Bonchev–Trinajstić information content (AvgIpc) is 2.78. The summed E-state index contributed by atoms with van der Waals surface area (Å²) in [5, 5.41) is 19.6. The van der Waals surface area contributed by atoms with Gasteiger partial charge in [0.15, 0.2) is 5.82 Å². The molecule has 1 N–H and O–H groups in total. The molecule has 1 heterocycles. The standard InChI is InChI=1S/C10H8BrFN4O2/c11-7-5-6(1-2-8(7)12)10-13-14-15-16(10)4-3-9(17)18/h1-2,5H,3-4H2,(H,17,18). The van der Waals surface area contributed by atoms with Gasteiger partial charge in [0.1, 0.15) is 5.82 Å². The zero-order valence-corrected chi connectivity index (χ0v) is 10.6. The molecule has 0 atom stereocenters. The van der Waals surface area contributed by atoms with E-state index < -0.39 is 5.97 Å². The van der Waals surface area contributed by atoms with E-state index in [1.165, 1.54) is 22.9 Å². The van der Waals surface area contributed by atoms with E-state index in [1.807, 2.05) is 0 Å². The number of carboxylic acid groups (broad SMARTS) is 1. The van der Waals surface area contributed by atoms with Gasteiger partial charge in [-0.2, -0.15) is 0 Å². The fourth-order valence-electron chi connectivity index (χ4n) is 1.40. The third-order valence-electron chi connectivity index (χ3n) is 2.25. The maximum absolute atomic E-state index is 13.1. The molecule has 0 saturated heterocycles. The number of rotatable bonds is 4. The van der Waals surface area contributed by atoms with E-state index in [4.69, 9.17) is 5.11 Å². The predicted molar refractivity (Wildman–Crippen MR) is 63.2 cm³/mol. The molecule has 0 spiro atoms. The van der Waals surface area contributed by atoms with Gasteiger partial charge < -0.3 is 5.11 Å². The lowest BCUT2D eigenvalue weighted by Gasteiger charge is -2.03. The first-order valence-electron chi connectivity index (χ1n) is 5.01. The van der Waals surface area contributed by atoms with Crippen LogP contribution in [0.15, 0.2) is 22.7 Å². The quantitative estimate of drug-likeness (QED) is 0.929. The van der Waals surface area contributed by atoms with Gasteiger partial charge >= 0.3 is 5.97 Å².